The maximum Gasteiger partial charge on any atom is 0.321 e. The number of carbonyl (C=O) groups excluding carboxylic acids is 1. The van der Waals surface area contributed by atoms with Crippen LogP contribution >= 0.6 is 23.3 Å². The number of hydrogen-bond donors (Lipinski definition) is 0. The van der Waals surface area contributed by atoms with Crippen molar-refractivity contribution >= 4 is 29.3 Å². The first-order valence-electron chi connectivity index (χ1n) is 9.78. The van der Waals surface area contributed by atoms with Crippen LogP contribution in [0.3, 0.4) is 0 Å². The minimum absolute atomic E-state index is 0.221. The lowest BCUT2D eigenvalue weighted by Gasteiger charge is -2.34. The Morgan fingerprint density at radius 1 is 0.926 bits per heavy atom. The summed E-state index contributed by atoms with van der Waals surface area (Å²) < 4.78 is 0. The topological polar surface area (TPSA) is 23.6 Å². The van der Waals surface area contributed by atoms with Crippen molar-refractivity contribution in [2.45, 2.75) is 43.3 Å². The summed E-state index contributed by atoms with van der Waals surface area (Å²) in [5.74, 6) is 2.48. The molecule has 0 spiro atoms. The van der Waals surface area contributed by atoms with Crippen molar-refractivity contribution in [1.29, 1.82) is 0 Å². The van der Waals surface area contributed by atoms with E-state index in [9.17, 15) is 4.79 Å². The van der Waals surface area contributed by atoms with Gasteiger partial charge in [-0.15, -0.1) is 0 Å². The van der Waals surface area contributed by atoms with E-state index < -0.39 is 8.46 Å². The van der Waals surface area contributed by atoms with Gasteiger partial charge in [0.25, 0.3) is 0 Å². The van der Waals surface area contributed by atoms with Gasteiger partial charge in [-0.1, -0.05) is 60.7 Å². The van der Waals surface area contributed by atoms with E-state index in [-0.39, 0.29) is 6.03 Å². The quantitative estimate of drug-likeness (QED) is 0.597. The number of rotatable bonds is 4. The van der Waals surface area contributed by atoms with Gasteiger partial charge >= 0.3 is 6.03 Å². The van der Waals surface area contributed by atoms with E-state index in [1.54, 1.807) is 0 Å². The van der Waals surface area contributed by atoms with Gasteiger partial charge in [-0.25, -0.2) is 4.79 Å². The van der Waals surface area contributed by atoms with Gasteiger partial charge in [-0.3, -0.25) is 0 Å². The van der Waals surface area contributed by atoms with Gasteiger partial charge in [0, 0.05) is 24.1 Å². The zero-order valence-corrected chi connectivity index (χ0v) is 17.7. The first kappa shape index (κ1) is 17.6. The predicted molar refractivity (Wildman–Crippen MR) is 116 cm³/mol. The van der Waals surface area contributed by atoms with Gasteiger partial charge in [-0.2, -0.15) is 8.46 Å². The molecule has 0 radical (unpaired) electrons. The third-order valence-electron chi connectivity index (χ3n) is 6.38. The van der Waals surface area contributed by atoms with E-state index in [2.05, 4.69) is 73.1 Å². The highest BCUT2D eigenvalue weighted by Crippen LogP contribution is 2.72. The summed E-state index contributed by atoms with van der Waals surface area (Å²) in [7, 11) is -0.765. The normalized spacial score (nSPS) is 34.4. The Hall–Kier alpha value is -1.46. The SMILES string of the molecule is O=C1N(Cc2ccccc2)[C@@H]2C3CCCS3(Br)C[C@@H]2N1Cc1ccccc1. The van der Waals surface area contributed by atoms with E-state index in [0.717, 1.165) is 18.8 Å². The van der Waals surface area contributed by atoms with Crippen LogP contribution < -0.4 is 0 Å². The highest BCUT2D eigenvalue weighted by atomic mass is 79.9. The van der Waals surface area contributed by atoms with Crippen LogP contribution in [0.25, 0.3) is 0 Å². The van der Waals surface area contributed by atoms with Crippen molar-refractivity contribution < 1.29 is 4.79 Å². The molecule has 2 aromatic carbocycles. The molecular formula is C22H25BrN2OS. The molecule has 3 fully saturated rings. The zero-order valence-electron chi connectivity index (χ0n) is 15.3. The molecule has 0 aromatic heterocycles. The highest BCUT2D eigenvalue weighted by Gasteiger charge is 2.60. The average molecular weight is 445 g/mol. The van der Waals surface area contributed by atoms with Crippen molar-refractivity contribution in [2.75, 3.05) is 11.5 Å². The number of amides is 2. The summed E-state index contributed by atoms with van der Waals surface area (Å²) in [5, 5.41) is 0.649. The fourth-order valence-electron chi connectivity index (χ4n) is 5.18. The summed E-state index contributed by atoms with van der Waals surface area (Å²) in [4.78, 5) is 17.8. The Morgan fingerprint density at radius 2 is 1.52 bits per heavy atom. The van der Waals surface area contributed by atoms with Crippen molar-refractivity contribution in [2.24, 2.45) is 0 Å². The van der Waals surface area contributed by atoms with E-state index in [1.165, 1.54) is 29.7 Å². The Kier molecular flexibility index (Phi) is 4.47. The molecule has 5 heteroatoms. The Morgan fingerprint density at radius 3 is 2.15 bits per heavy atom. The summed E-state index contributed by atoms with van der Waals surface area (Å²) in [5.41, 5.74) is 2.45. The summed E-state index contributed by atoms with van der Waals surface area (Å²) in [6.07, 6.45) is 2.57. The molecule has 3 nitrogen and oxygen atoms in total. The number of benzene rings is 2. The zero-order chi connectivity index (χ0) is 18.4. The summed E-state index contributed by atoms with van der Waals surface area (Å²) >= 11 is 4.19. The van der Waals surface area contributed by atoms with Crippen LogP contribution in [0.4, 0.5) is 4.79 Å². The maximum atomic E-state index is 13.5. The van der Waals surface area contributed by atoms with Gasteiger partial charge in [0.15, 0.2) is 0 Å². The highest BCUT2D eigenvalue weighted by molar-refractivity contribution is 9.58. The first-order chi connectivity index (χ1) is 13.2. The Bertz CT molecular complexity index is 833. The molecule has 2 amide bonds. The molecule has 3 heterocycles. The number of fused-ring (bicyclic) bond motifs is 3. The monoisotopic (exact) mass is 444 g/mol. The largest absolute Gasteiger partial charge is 0.321 e. The average Bonchev–Trinajstić information content (AvgIpc) is 3.26. The van der Waals surface area contributed by atoms with Crippen molar-refractivity contribution in [3.05, 3.63) is 71.8 Å². The maximum absolute atomic E-state index is 13.5. The number of carbonyl (C=O) groups is 1. The van der Waals surface area contributed by atoms with Gasteiger partial charge in [0.05, 0.1) is 12.1 Å². The predicted octanol–water partition coefficient (Wildman–Crippen LogP) is 5.15. The second-order valence-electron chi connectivity index (χ2n) is 7.96. The summed E-state index contributed by atoms with van der Waals surface area (Å²) in [6, 6.07) is 21.8. The number of nitrogens with zero attached hydrogens (tertiary/aromatic N) is 2. The molecule has 142 valence electrons. The molecule has 0 N–H and O–H groups in total. The minimum atomic E-state index is -0.765. The van der Waals surface area contributed by atoms with Gasteiger partial charge in [-0.05, 0) is 44.5 Å². The van der Waals surface area contributed by atoms with Crippen LogP contribution in [-0.4, -0.2) is 44.7 Å². The lowest BCUT2D eigenvalue weighted by Crippen LogP contribution is -2.40. The van der Waals surface area contributed by atoms with E-state index in [4.69, 9.17) is 0 Å². The molecule has 0 aliphatic carbocycles. The third kappa shape index (κ3) is 2.99. The molecular weight excluding hydrogens is 420 g/mol. The molecule has 2 aromatic rings. The van der Waals surface area contributed by atoms with Crippen molar-refractivity contribution in [3.63, 3.8) is 0 Å². The van der Waals surface area contributed by atoms with Gasteiger partial charge in [0.2, 0.25) is 0 Å². The van der Waals surface area contributed by atoms with E-state index in [0.29, 0.717) is 17.3 Å². The number of urea groups is 1. The van der Waals surface area contributed by atoms with E-state index >= 15 is 0 Å². The number of hydrogen-bond acceptors (Lipinski definition) is 1. The molecule has 0 saturated carbocycles. The molecule has 3 saturated heterocycles. The molecule has 4 atom stereocenters. The molecule has 2 unspecified atom stereocenters. The second-order valence-corrected chi connectivity index (χ2v) is 14.9. The molecule has 27 heavy (non-hydrogen) atoms. The lowest BCUT2D eigenvalue weighted by atomic mass is 10.0. The van der Waals surface area contributed by atoms with Crippen LogP contribution in [0, 0.1) is 0 Å². The molecule has 5 rings (SSSR count). The van der Waals surface area contributed by atoms with Crippen LogP contribution in [-0.2, 0) is 13.1 Å². The molecule has 3 aliphatic rings. The van der Waals surface area contributed by atoms with Crippen molar-refractivity contribution in [3.8, 4) is 0 Å². The van der Waals surface area contributed by atoms with Crippen LogP contribution in [0.2, 0.25) is 0 Å². The van der Waals surface area contributed by atoms with Crippen LogP contribution in [0.15, 0.2) is 60.7 Å². The van der Waals surface area contributed by atoms with Gasteiger partial charge in [0.1, 0.15) is 0 Å². The Balaban J connectivity index is 1.48. The standard InChI is InChI=1S/C22H25BrN2OS/c23-27-13-7-12-20(27)21-19(16-27)24(14-17-8-3-1-4-9-17)22(26)25(21)15-18-10-5-2-6-11-18/h1-6,8-11,19-21H,7,12-16H2/t19-,20?,21-/m0/s1. The smallest absolute Gasteiger partial charge is 0.314 e. The van der Waals surface area contributed by atoms with Crippen LogP contribution in [0.1, 0.15) is 24.0 Å². The summed E-state index contributed by atoms with van der Waals surface area (Å²) in [6.45, 7) is 1.45. The fraction of sp³-hybridized carbons (Fsp3) is 0.409. The Labute approximate surface area is 170 Å². The van der Waals surface area contributed by atoms with Crippen LogP contribution in [0.5, 0.6) is 0 Å². The molecule has 0 bridgehead atoms. The minimum Gasteiger partial charge on any atom is -0.314 e. The third-order valence-corrected chi connectivity index (χ3v) is 13.0. The van der Waals surface area contributed by atoms with Gasteiger partial charge < -0.3 is 9.80 Å². The van der Waals surface area contributed by atoms with Crippen molar-refractivity contribution in [1.82, 2.24) is 9.80 Å². The fourth-order valence-corrected chi connectivity index (χ4v) is 11.6. The number of halogens is 1. The lowest BCUT2D eigenvalue weighted by molar-refractivity contribution is 0.180. The molecule has 3 aliphatic heterocycles. The second kappa shape index (κ2) is 6.85. The van der Waals surface area contributed by atoms with E-state index in [1.807, 2.05) is 12.1 Å². The first-order valence-corrected chi connectivity index (χ1v) is 13.7.